The number of methoxy groups -OCH3 is 1. The van der Waals surface area contributed by atoms with Crippen LogP contribution in [0.3, 0.4) is 0 Å². The first-order chi connectivity index (χ1) is 16.0. The molecule has 2 amide bonds. The van der Waals surface area contributed by atoms with E-state index in [1.165, 1.54) is 0 Å². The molecular formula is C27H26N2O4. The smallest absolute Gasteiger partial charge is 0.251 e. The lowest BCUT2D eigenvalue weighted by atomic mass is 10.0. The van der Waals surface area contributed by atoms with Crippen molar-refractivity contribution in [1.29, 1.82) is 0 Å². The molecule has 33 heavy (non-hydrogen) atoms. The molecule has 2 atom stereocenters. The van der Waals surface area contributed by atoms with Crippen LogP contribution in [0.5, 0.6) is 5.75 Å². The molecule has 0 aliphatic heterocycles. The Morgan fingerprint density at radius 2 is 1.61 bits per heavy atom. The summed E-state index contributed by atoms with van der Waals surface area (Å²) in [5, 5.41) is 6.88. The standard InChI is InChI=1S/C27H26N2O4/c1-18(24-16-21-14-9-15-23(32-2)26(21)33-24)28-25(30)17-22(19-10-5-3-6-11-19)29-27(31)20-12-7-4-8-13-20/h3-16,18,22H,17H2,1-2H3,(H,28,30)(H,29,31). The quantitative estimate of drug-likeness (QED) is 0.394. The fourth-order valence-corrected chi connectivity index (χ4v) is 3.76. The first-order valence-corrected chi connectivity index (χ1v) is 10.8. The van der Waals surface area contributed by atoms with Crippen LogP contribution in [0.2, 0.25) is 0 Å². The van der Waals surface area contributed by atoms with E-state index in [0.29, 0.717) is 22.7 Å². The molecule has 6 heteroatoms. The molecular weight excluding hydrogens is 416 g/mol. The molecule has 0 fully saturated rings. The van der Waals surface area contributed by atoms with E-state index >= 15 is 0 Å². The molecule has 0 saturated carbocycles. The van der Waals surface area contributed by atoms with Gasteiger partial charge in [0.05, 0.1) is 25.6 Å². The normalized spacial score (nSPS) is 12.7. The number of nitrogens with one attached hydrogen (secondary N) is 2. The van der Waals surface area contributed by atoms with Gasteiger partial charge in [-0.1, -0.05) is 60.7 Å². The molecule has 0 saturated heterocycles. The van der Waals surface area contributed by atoms with Crippen LogP contribution in [0.25, 0.3) is 11.0 Å². The van der Waals surface area contributed by atoms with Crippen molar-refractivity contribution >= 4 is 22.8 Å². The van der Waals surface area contributed by atoms with Crippen molar-refractivity contribution in [1.82, 2.24) is 10.6 Å². The van der Waals surface area contributed by atoms with E-state index in [2.05, 4.69) is 10.6 Å². The summed E-state index contributed by atoms with van der Waals surface area (Å²) in [6.45, 7) is 1.86. The van der Waals surface area contributed by atoms with Crippen molar-refractivity contribution in [2.45, 2.75) is 25.4 Å². The number of hydrogen-bond donors (Lipinski definition) is 2. The van der Waals surface area contributed by atoms with Crippen molar-refractivity contribution in [3.63, 3.8) is 0 Å². The highest BCUT2D eigenvalue weighted by Crippen LogP contribution is 2.31. The van der Waals surface area contributed by atoms with E-state index in [1.54, 1.807) is 19.2 Å². The minimum atomic E-state index is -0.470. The third-order valence-electron chi connectivity index (χ3n) is 5.48. The number of amides is 2. The molecule has 0 aliphatic rings. The molecule has 1 heterocycles. The predicted molar refractivity (Wildman–Crippen MR) is 127 cm³/mol. The third kappa shape index (κ3) is 5.23. The number of fused-ring (bicyclic) bond motifs is 1. The van der Waals surface area contributed by atoms with Gasteiger partial charge < -0.3 is 19.8 Å². The zero-order valence-corrected chi connectivity index (χ0v) is 18.6. The van der Waals surface area contributed by atoms with Crippen LogP contribution >= 0.6 is 0 Å². The molecule has 4 rings (SSSR count). The van der Waals surface area contributed by atoms with Gasteiger partial charge in [0.25, 0.3) is 5.91 Å². The predicted octanol–water partition coefficient (Wildman–Crippen LogP) is 5.18. The van der Waals surface area contributed by atoms with Crippen LogP contribution in [-0.4, -0.2) is 18.9 Å². The van der Waals surface area contributed by atoms with Gasteiger partial charge in [-0.25, -0.2) is 0 Å². The number of benzene rings is 3. The maximum atomic E-state index is 12.9. The summed E-state index contributed by atoms with van der Waals surface area (Å²) in [4.78, 5) is 25.7. The van der Waals surface area contributed by atoms with Crippen LogP contribution in [0.15, 0.2) is 89.3 Å². The zero-order chi connectivity index (χ0) is 23.2. The first-order valence-electron chi connectivity index (χ1n) is 10.8. The van der Waals surface area contributed by atoms with E-state index in [1.807, 2.05) is 79.7 Å². The molecule has 0 radical (unpaired) electrons. The van der Waals surface area contributed by atoms with Crippen molar-refractivity contribution in [3.05, 3.63) is 102 Å². The van der Waals surface area contributed by atoms with Gasteiger partial charge in [-0.15, -0.1) is 0 Å². The zero-order valence-electron chi connectivity index (χ0n) is 18.6. The van der Waals surface area contributed by atoms with Gasteiger partial charge in [-0.3, -0.25) is 9.59 Å². The highest BCUT2D eigenvalue weighted by Gasteiger charge is 2.22. The lowest BCUT2D eigenvalue weighted by molar-refractivity contribution is -0.122. The number of ether oxygens (including phenoxy) is 1. The van der Waals surface area contributed by atoms with Crippen LogP contribution < -0.4 is 15.4 Å². The second kappa shape index (κ2) is 10.0. The fourth-order valence-electron chi connectivity index (χ4n) is 3.76. The minimum absolute atomic E-state index is 0.0937. The molecule has 168 valence electrons. The van der Waals surface area contributed by atoms with Gasteiger partial charge in [0.2, 0.25) is 5.91 Å². The van der Waals surface area contributed by atoms with Crippen LogP contribution in [0.1, 0.15) is 47.1 Å². The van der Waals surface area contributed by atoms with Gasteiger partial charge >= 0.3 is 0 Å². The molecule has 0 aliphatic carbocycles. The van der Waals surface area contributed by atoms with E-state index in [4.69, 9.17) is 9.15 Å². The summed E-state index contributed by atoms with van der Waals surface area (Å²) in [5.74, 6) is 0.851. The largest absolute Gasteiger partial charge is 0.493 e. The van der Waals surface area contributed by atoms with Gasteiger partial charge in [0.15, 0.2) is 11.3 Å². The van der Waals surface area contributed by atoms with E-state index in [0.717, 1.165) is 10.9 Å². The summed E-state index contributed by atoms with van der Waals surface area (Å²) in [7, 11) is 1.59. The highest BCUT2D eigenvalue weighted by atomic mass is 16.5. The number of carbonyl (C=O) groups is 2. The number of rotatable bonds is 8. The van der Waals surface area contributed by atoms with Crippen LogP contribution in [0.4, 0.5) is 0 Å². The summed E-state index contributed by atoms with van der Waals surface area (Å²) >= 11 is 0. The van der Waals surface area contributed by atoms with Crippen molar-refractivity contribution in [2.75, 3.05) is 7.11 Å². The second-order valence-corrected chi connectivity index (χ2v) is 7.82. The Bertz CT molecular complexity index is 1230. The Balaban J connectivity index is 1.48. The Labute approximate surface area is 192 Å². The molecule has 3 aromatic carbocycles. The SMILES string of the molecule is COc1cccc2cc(C(C)NC(=O)CC(NC(=O)c3ccccc3)c3ccccc3)oc12. The average molecular weight is 443 g/mol. The van der Waals surface area contributed by atoms with Crippen LogP contribution in [-0.2, 0) is 4.79 Å². The Morgan fingerprint density at radius 3 is 2.30 bits per heavy atom. The summed E-state index contributed by atoms with van der Waals surface area (Å²) < 4.78 is 11.3. The minimum Gasteiger partial charge on any atom is -0.493 e. The Morgan fingerprint density at radius 1 is 0.909 bits per heavy atom. The molecule has 0 spiro atoms. The number of hydrogen-bond acceptors (Lipinski definition) is 4. The molecule has 0 bridgehead atoms. The van der Waals surface area contributed by atoms with E-state index in [9.17, 15) is 9.59 Å². The number of furan rings is 1. The first kappa shape index (κ1) is 22.1. The Hall–Kier alpha value is -4.06. The number of carbonyl (C=O) groups excluding carboxylic acids is 2. The summed E-state index contributed by atoms with van der Waals surface area (Å²) in [6.07, 6.45) is 0.0937. The van der Waals surface area contributed by atoms with E-state index < -0.39 is 6.04 Å². The highest BCUT2D eigenvalue weighted by molar-refractivity contribution is 5.94. The van der Waals surface area contributed by atoms with E-state index in [-0.39, 0.29) is 24.3 Å². The number of para-hydroxylation sites is 1. The third-order valence-corrected chi connectivity index (χ3v) is 5.48. The molecule has 2 unspecified atom stereocenters. The topological polar surface area (TPSA) is 80.6 Å². The van der Waals surface area contributed by atoms with Gasteiger partial charge in [0.1, 0.15) is 5.76 Å². The van der Waals surface area contributed by atoms with Crippen molar-refractivity contribution in [3.8, 4) is 5.75 Å². The van der Waals surface area contributed by atoms with Crippen LogP contribution in [0, 0.1) is 0 Å². The second-order valence-electron chi connectivity index (χ2n) is 7.82. The van der Waals surface area contributed by atoms with Gasteiger partial charge in [-0.05, 0) is 36.8 Å². The van der Waals surface area contributed by atoms with Crippen molar-refractivity contribution < 1.29 is 18.7 Å². The molecule has 6 nitrogen and oxygen atoms in total. The van der Waals surface area contributed by atoms with Gasteiger partial charge in [-0.2, -0.15) is 0 Å². The maximum absolute atomic E-state index is 12.9. The molecule has 4 aromatic rings. The average Bonchev–Trinajstić information content (AvgIpc) is 3.29. The lowest BCUT2D eigenvalue weighted by Crippen LogP contribution is -2.34. The molecule has 1 aromatic heterocycles. The lowest BCUT2D eigenvalue weighted by Gasteiger charge is -2.20. The monoisotopic (exact) mass is 442 g/mol. The maximum Gasteiger partial charge on any atom is 0.251 e. The Kier molecular flexibility index (Phi) is 6.74. The summed E-state index contributed by atoms with van der Waals surface area (Å²) in [5.41, 5.74) is 2.05. The fraction of sp³-hybridized carbons (Fsp3) is 0.185. The summed E-state index contributed by atoms with van der Waals surface area (Å²) in [6, 6.07) is 25.2. The van der Waals surface area contributed by atoms with Crippen molar-refractivity contribution in [2.24, 2.45) is 0 Å². The molecule has 2 N–H and O–H groups in total. The van der Waals surface area contributed by atoms with Gasteiger partial charge in [0, 0.05) is 10.9 Å².